The largest absolute Gasteiger partial charge is 0.394 e. The van der Waals surface area contributed by atoms with Crippen molar-refractivity contribution in [3.8, 4) is 22.3 Å². The molecule has 2 amide bonds. The smallest absolute Gasteiger partial charge is 0.254 e. The van der Waals surface area contributed by atoms with Gasteiger partial charge in [-0.05, 0) is 53.1 Å². The number of aliphatic hydroxyl groups excluding tert-OH is 1. The molecule has 4 aromatic carbocycles. The van der Waals surface area contributed by atoms with E-state index in [0.717, 1.165) is 38.5 Å². The van der Waals surface area contributed by atoms with Gasteiger partial charge in [-0.3, -0.25) is 9.59 Å². The molecule has 1 atom stereocenters. The lowest BCUT2D eigenvalue weighted by Gasteiger charge is -2.32. The van der Waals surface area contributed by atoms with Crippen LogP contribution in [0, 0.1) is 0 Å². The minimum atomic E-state index is -0.553. The maximum Gasteiger partial charge on any atom is 0.254 e. The number of fused-ring (bicyclic) bond motifs is 3. The molecule has 1 aromatic heterocycles. The number of nitrogens with zero attached hydrogens (tertiary/aromatic N) is 1. The van der Waals surface area contributed by atoms with Crippen molar-refractivity contribution in [2.24, 2.45) is 5.73 Å². The average molecular weight is 540 g/mol. The van der Waals surface area contributed by atoms with Gasteiger partial charge in [-0.2, -0.15) is 0 Å². The van der Waals surface area contributed by atoms with Crippen LogP contribution in [0.2, 0.25) is 5.02 Å². The first-order chi connectivity index (χ1) is 18.9. The number of H-pyrrole nitrogens is 1. The number of ether oxygens (including phenoxy) is 1. The molecule has 8 heteroatoms. The Kier molecular flexibility index (Phi) is 6.56. The van der Waals surface area contributed by atoms with Crippen molar-refractivity contribution in [1.29, 1.82) is 0 Å². The Morgan fingerprint density at radius 2 is 1.72 bits per heavy atom. The number of carbonyl (C=O) groups excluding carboxylic acids is 2. The van der Waals surface area contributed by atoms with Crippen molar-refractivity contribution in [2.75, 3.05) is 26.3 Å². The molecule has 0 radical (unpaired) electrons. The normalized spacial score (nSPS) is 15.6. The standard InChI is InChI=1S/C31H26ClN3O4/c32-27-8-4-3-7-23(27)22-6-2-1-5-21(22)19-14-25-24-13-18(31(38)35-11-12-39-20(16-35)17-36)9-10-28(24)34-29(25)26(15-19)30(33)37/h1-10,13-15,20,34,36H,11-12,16-17H2,(H2,33,37). The number of primary amides is 1. The third kappa shape index (κ3) is 4.55. The first-order valence-corrected chi connectivity index (χ1v) is 13.1. The summed E-state index contributed by atoms with van der Waals surface area (Å²) in [6.07, 6.45) is -0.390. The number of morpholine rings is 1. The minimum absolute atomic E-state index is 0.136. The fraction of sp³-hybridized carbons (Fsp3) is 0.161. The van der Waals surface area contributed by atoms with E-state index in [1.54, 1.807) is 17.0 Å². The number of aromatic nitrogens is 1. The number of amides is 2. The lowest BCUT2D eigenvalue weighted by atomic mass is 9.92. The molecule has 6 rings (SSSR count). The van der Waals surface area contributed by atoms with Crippen LogP contribution in [-0.2, 0) is 4.74 Å². The van der Waals surface area contributed by atoms with Gasteiger partial charge in [0.1, 0.15) is 0 Å². The number of nitrogens with one attached hydrogen (secondary N) is 1. The molecule has 39 heavy (non-hydrogen) atoms. The van der Waals surface area contributed by atoms with Crippen LogP contribution in [0.5, 0.6) is 0 Å². The van der Waals surface area contributed by atoms with Gasteiger partial charge in [-0.15, -0.1) is 0 Å². The van der Waals surface area contributed by atoms with Gasteiger partial charge in [-0.25, -0.2) is 0 Å². The molecule has 1 saturated heterocycles. The minimum Gasteiger partial charge on any atom is -0.394 e. The molecular weight excluding hydrogens is 514 g/mol. The number of hydrogen-bond acceptors (Lipinski definition) is 4. The highest BCUT2D eigenvalue weighted by molar-refractivity contribution is 6.33. The molecule has 1 unspecified atom stereocenters. The van der Waals surface area contributed by atoms with Gasteiger partial charge >= 0.3 is 0 Å². The Bertz CT molecular complexity index is 1750. The lowest BCUT2D eigenvalue weighted by molar-refractivity contribution is -0.0447. The predicted molar refractivity (Wildman–Crippen MR) is 153 cm³/mol. The van der Waals surface area contributed by atoms with Gasteiger partial charge in [0.15, 0.2) is 0 Å². The second-order valence-corrected chi connectivity index (χ2v) is 10.1. The average Bonchev–Trinajstić information content (AvgIpc) is 3.34. The van der Waals surface area contributed by atoms with E-state index in [1.807, 2.05) is 66.7 Å². The number of hydrogen-bond donors (Lipinski definition) is 3. The van der Waals surface area contributed by atoms with Crippen molar-refractivity contribution in [3.63, 3.8) is 0 Å². The summed E-state index contributed by atoms with van der Waals surface area (Å²) in [6, 6.07) is 24.8. The Balaban J connectivity index is 1.51. The number of benzene rings is 4. The maximum absolute atomic E-state index is 13.4. The lowest BCUT2D eigenvalue weighted by Crippen LogP contribution is -2.46. The number of carbonyl (C=O) groups is 2. The van der Waals surface area contributed by atoms with E-state index in [9.17, 15) is 14.7 Å². The van der Waals surface area contributed by atoms with E-state index in [4.69, 9.17) is 22.1 Å². The Morgan fingerprint density at radius 1 is 0.974 bits per heavy atom. The summed E-state index contributed by atoms with van der Waals surface area (Å²) < 4.78 is 5.50. The Labute approximate surface area is 229 Å². The van der Waals surface area contributed by atoms with Gasteiger partial charge < -0.3 is 25.5 Å². The van der Waals surface area contributed by atoms with Crippen LogP contribution < -0.4 is 5.73 Å². The van der Waals surface area contributed by atoms with Gasteiger partial charge in [0.2, 0.25) is 0 Å². The highest BCUT2D eigenvalue weighted by atomic mass is 35.5. The fourth-order valence-electron chi connectivity index (χ4n) is 5.33. The quantitative estimate of drug-likeness (QED) is 0.284. The summed E-state index contributed by atoms with van der Waals surface area (Å²) >= 11 is 6.55. The molecule has 0 aliphatic carbocycles. The predicted octanol–water partition coefficient (Wildman–Crippen LogP) is 5.24. The maximum atomic E-state index is 13.4. The van der Waals surface area contributed by atoms with Crippen LogP contribution in [0.15, 0.2) is 78.9 Å². The van der Waals surface area contributed by atoms with Gasteiger partial charge in [-0.1, -0.05) is 54.1 Å². The zero-order valence-electron chi connectivity index (χ0n) is 21.0. The summed E-state index contributed by atoms with van der Waals surface area (Å²) in [5.41, 5.74) is 11.7. The zero-order chi connectivity index (χ0) is 27.1. The molecule has 0 spiro atoms. The molecule has 196 valence electrons. The fourth-order valence-corrected chi connectivity index (χ4v) is 5.57. The topological polar surface area (TPSA) is 109 Å². The number of halogens is 1. The van der Waals surface area contributed by atoms with Crippen LogP contribution >= 0.6 is 11.6 Å². The zero-order valence-corrected chi connectivity index (χ0v) is 21.7. The number of nitrogens with two attached hydrogens (primary N) is 1. The van der Waals surface area contributed by atoms with Crippen molar-refractivity contribution >= 4 is 45.2 Å². The molecule has 7 nitrogen and oxygen atoms in total. The van der Waals surface area contributed by atoms with Crippen molar-refractivity contribution in [2.45, 2.75) is 6.10 Å². The van der Waals surface area contributed by atoms with E-state index < -0.39 is 12.0 Å². The van der Waals surface area contributed by atoms with Crippen LogP contribution in [0.3, 0.4) is 0 Å². The van der Waals surface area contributed by atoms with Crippen molar-refractivity contribution in [1.82, 2.24) is 9.88 Å². The Hall–Kier alpha value is -4.17. The van der Waals surface area contributed by atoms with Crippen LogP contribution in [0.25, 0.3) is 44.1 Å². The van der Waals surface area contributed by atoms with Crippen molar-refractivity contribution in [3.05, 3.63) is 95.0 Å². The van der Waals surface area contributed by atoms with Crippen LogP contribution in [0.1, 0.15) is 20.7 Å². The van der Waals surface area contributed by atoms with Crippen LogP contribution in [-0.4, -0.2) is 59.2 Å². The Morgan fingerprint density at radius 3 is 2.46 bits per heavy atom. The molecule has 2 heterocycles. The number of aromatic amines is 1. The van der Waals surface area contributed by atoms with Gasteiger partial charge in [0, 0.05) is 45.5 Å². The first kappa shape index (κ1) is 25.1. The molecule has 1 aliphatic heterocycles. The van der Waals surface area contributed by atoms with E-state index in [-0.39, 0.29) is 12.5 Å². The second kappa shape index (κ2) is 10.2. The first-order valence-electron chi connectivity index (χ1n) is 12.7. The molecule has 0 bridgehead atoms. The second-order valence-electron chi connectivity index (χ2n) is 9.65. The molecule has 0 saturated carbocycles. The third-order valence-electron chi connectivity index (χ3n) is 7.25. The summed E-state index contributed by atoms with van der Waals surface area (Å²) in [5, 5.41) is 11.7. The van der Waals surface area contributed by atoms with E-state index >= 15 is 0 Å². The number of aliphatic hydroxyl groups is 1. The molecule has 5 aromatic rings. The third-order valence-corrected chi connectivity index (χ3v) is 7.58. The summed E-state index contributed by atoms with van der Waals surface area (Å²) in [7, 11) is 0. The van der Waals surface area contributed by atoms with E-state index in [1.165, 1.54) is 0 Å². The highest BCUT2D eigenvalue weighted by Crippen LogP contribution is 2.39. The van der Waals surface area contributed by atoms with E-state index in [2.05, 4.69) is 4.98 Å². The SMILES string of the molecule is NC(=O)c1cc(-c2ccccc2-c2ccccc2Cl)cc2c1[nH]c1ccc(C(=O)N3CCOC(CO)C3)cc12. The summed E-state index contributed by atoms with van der Waals surface area (Å²) in [6.45, 7) is 1.02. The molecule has 1 fully saturated rings. The monoisotopic (exact) mass is 539 g/mol. The van der Waals surface area contributed by atoms with E-state index in [0.29, 0.717) is 41.4 Å². The molecule has 4 N–H and O–H groups in total. The molecular formula is C31H26ClN3O4. The highest BCUT2D eigenvalue weighted by Gasteiger charge is 2.25. The summed E-state index contributed by atoms with van der Waals surface area (Å²) in [5.74, 6) is -0.688. The van der Waals surface area contributed by atoms with Gasteiger partial charge in [0.25, 0.3) is 11.8 Å². The van der Waals surface area contributed by atoms with Crippen molar-refractivity contribution < 1.29 is 19.4 Å². The molecule has 1 aliphatic rings. The number of rotatable bonds is 5. The summed E-state index contributed by atoms with van der Waals surface area (Å²) in [4.78, 5) is 31.0. The van der Waals surface area contributed by atoms with Crippen LogP contribution in [0.4, 0.5) is 0 Å². The van der Waals surface area contributed by atoms with Gasteiger partial charge in [0.05, 0.1) is 30.4 Å².